The first-order chi connectivity index (χ1) is 6.56. The van der Waals surface area contributed by atoms with Gasteiger partial charge >= 0.3 is 11.9 Å². The molecule has 0 radical (unpaired) electrons. The van der Waals surface area contributed by atoms with Gasteiger partial charge in [0.05, 0.1) is 6.61 Å². The Morgan fingerprint density at radius 2 is 1.71 bits per heavy atom. The highest BCUT2D eigenvalue weighted by Crippen LogP contribution is 1.97. The Morgan fingerprint density at radius 3 is 1.79 bits per heavy atom. The van der Waals surface area contributed by atoms with Gasteiger partial charge in [-0.3, -0.25) is 0 Å². The summed E-state index contributed by atoms with van der Waals surface area (Å²) in [5.74, 6) is -2.51. The van der Waals surface area contributed by atoms with Crippen LogP contribution in [-0.2, 0) is 9.59 Å². The number of rotatable bonds is 3. The third kappa shape index (κ3) is 7.26. The van der Waals surface area contributed by atoms with Crippen LogP contribution in [0, 0.1) is 0 Å². The number of nitrogens with one attached hydrogen (secondary N) is 1. The highest BCUT2D eigenvalue weighted by atomic mass is 16.4. The van der Waals surface area contributed by atoms with Gasteiger partial charge in [-0.2, -0.15) is 0 Å². The highest BCUT2D eigenvalue weighted by Gasteiger charge is 2.13. The minimum Gasteiger partial charge on any atom is -0.478 e. The van der Waals surface area contributed by atoms with Gasteiger partial charge in [0, 0.05) is 18.2 Å². The molecule has 0 aromatic carbocycles. The minimum atomic E-state index is -1.26. The van der Waals surface area contributed by atoms with Crippen LogP contribution in [0.4, 0.5) is 0 Å². The van der Waals surface area contributed by atoms with E-state index in [1.807, 2.05) is 0 Å². The van der Waals surface area contributed by atoms with Crippen LogP contribution >= 0.6 is 0 Å². The van der Waals surface area contributed by atoms with Crippen LogP contribution in [0.2, 0.25) is 0 Å². The molecule has 1 atom stereocenters. The molecular weight excluding hydrogens is 190 g/mol. The number of carboxylic acid groups (broad SMARTS) is 2. The normalized spacial score (nSPS) is 19.4. The number of hydrogen-bond donors (Lipinski definition) is 4. The highest BCUT2D eigenvalue weighted by molar-refractivity contribution is 5.89. The van der Waals surface area contributed by atoms with Gasteiger partial charge in [-0.05, 0) is 13.0 Å². The van der Waals surface area contributed by atoms with E-state index in [0.717, 1.165) is 13.0 Å². The predicted octanol–water partition coefficient (Wildman–Crippen LogP) is -0.948. The number of carbonyl (C=O) groups is 2. The van der Waals surface area contributed by atoms with Crippen LogP contribution in [0.5, 0.6) is 0 Å². The zero-order valence-electron chi connectivity index (χ0n) is 7.51. The average Bonchev–Trinajstić information content (AvgIpc) is 2.00. The lowest BCUT2D eigenvalue weighted by molar-refractivity contribution is -0.134. The molecule has 0 spiro atoms. The molecule has 0 aromatic rings. The quantitative estimate of drug-likeness (QED) is 0.441. The van der Waals surface area contributed by atoms with E-state index in [2.05, 4.69) is 5.32 Å². The maximum absolute atomic E-state index is 9.55. The van der Waals surface area contributed by atoms with Gasteiger partial charge in [0.15, 0.2) is 0 Å². The third-order valence-electron chi connectivity index (χ3n) is 1.51. The number of hydrogen-bond acceptors (Lipinski definition) is 4. The maximum atomic E-state index is 9.55. The van der Waals surface area contributed by atoms with Crippen molar-refractivity contribution in [1.82, 2.24) is 5.32 Å². The lowest BCUT2D eigenvalue weighted by atomic mass is 10.1. The fourth-order valence-corrected chi connectivity index (χ4v) is 0.647. The smallest absolute Gasteiger partial charge is 0.328 e. The number of carboxylic acids is 2. The molecule has 80 valence electrons. The van der Waals surface area contributed by atoms with Crippen molar-refractivity contribution in [2.24, 2.45) is 0 Å². The van der Waals surface area contributed by atoms with Crippen LogP contribution in [0.15, 0.2) is 12.2 Å². The van der Waals surface area contributed by atoms with Crippen molar-refractivity contribution in [3.8, 4) is 0 Å². The Kier molecular flexibility index (Phi) is 6.34. The van der Waals surface area contributed by atoms with Gasteiger partial charge in [-0.15, -0.1) is 0 Å². The van der Waals surface area contributed by atoms with Gasteiger partial charge in [0.25, 0.3) is 0 Å². The van der Waals surface area contributed by atoms with Gasteiger partial charge < -0.3 is 20.6 Å². The SMILES string of the molecule is O=C(O)/C=C/C(=O)O.OC[C@@H]1CCN1. The van der Waals surface area contributed by atoms with Crippen LogP contribution in [0.25, 0.3) is 0 Å². The summed E-state index contributed by atoms with van der Waals surface area (Å²) in [5.41, 5.74) is 0. The Balaban J connectivity index is 0.000000249. The van der Waals surface area contributed by atoms with E-state index in [0.29, 0.717) is 24.8 Å². The van der Waals surface area contributed by atoms with Gasteiger partial charge in [-0.25, -0.2) is 9.59 Å². The fourth-order valence-electron chi connectivity index (χ4n) is 0.647. The first-order valence-electron chi connectivity index (χ1n) is 4.04. The summed E-state index contributed by atoms with van der Waals surface area (Å²) in [6.07, 6.45) is 2.27. The average molecular weight is 203 g/mol. The summed E-state index contributed by atoms with van der Waals surface area (Å²) in [6.45, 7) is 1.39. The van der Waals surface area contributed by atoms with Crippen LogP contribution in [0.1, 0.15) is 6.42 Å². The van der Waals surface area contributed by atoms with E-state index in [-0.39, 0.29) is 0 Å². The van der Waals surface area contributed by atoms with E-state index < -0.39 is 11.9 Å². The third-order valence-corrected chi connectivity index (χ3v) is 1.51. The standard InChI is InChI=1S/C4H9NO.C4H4O4/c6-3-4-1-2-5-4;5-3(6)1-2-4(7)8/h4-6H,1-3H2;1-2H,(H,5,6)(H,7,8)/b;2-1+/t4-;/m0./s1. The second-order valence-electron chi connectivity index (χ2n) is 2.63. The Morgan fingerprint density at radius 1 is 1.29 bits per heavy atom. The molecule has 1 aliphatic heterocycles. The molecule has 4 N–H and O–H groups in total. The van der Waals surface area contributed by atoms with E-state index in [1.165, 1.54) is 0 Å². The van der Waals surface area contributed by atoms with Crippen molar-refractivity contribution in [3.05, 3.63) is 12.2 Å². The summed E-state index contributed by atoms with van der Waals surface area (Å²) in [7, 11) is 0. The molecule has 0 aliphatic carbocycles. The number of aliphatic carboxylic acids is 2. The van der Waals surface area contributed by atoms with Gasteiger partial charge in [-0.1, -0.05) is 0 Å². The molecule has 1 rings (SSSR count). The predicted molar refractivity (Wildman–Crippen MR) is 47.9 cm³/mol. The lowest BCUT2D eigenvalue weighted by Gasteiger charge is -2.24. The second kappa shape index (κ2) is 7.05. The number of aliphatic hydroxyl groups excluding tert-OH is 1. The molecule has 1 heterocycles. The zero-order valence-corrected chi connectivity index (χ0v) is 7.51. The van der Waals surface area contributed by atoms with Crippen molar-refractivity contribution in [2.75, 3.05) is 13.2 Å². The van der Waals surface area contributed by atoms with Crippen LogP contribution in [0.3, 0.4) is 0 Å². The molecule has 0 saturated carbocycles. The van der Waals surface area contributed by atoms with Crippen molar-refractivity contribution in [3.63, 3.8) is 0 Å². The molecule has 0 unspecified atom stereocenters. The zero-order chi connectivity index (χ0) is 11.0. The van der Waals surface area contributed by atoms with Crippen molar-refractivity contribution in [2.45, 2.75) is 12.5 Å². The van der Waals surface area contributed by atoms with E-state index in [1.54, 1.807) is 0 Å². The monoisotopic (exact) mass is 203 g/mol. The molecule has 6 heteroatoms. The maximum Gasteiger partial charge on any atom is 0.328 e. The molecule has 1 saturated heterocycles. The van der Waals surface area contributed by atoms with E-state index >= 15 is 0 Å². The van der Waals surface area contributed by atoms with E-state index in [4.69, 9.17) is 15.3 Å². The Bertz CT molecular complexity index is 203. The van der Waals surface area contributed by atoms with Crippen molar-refractivity contribution in [1.29, 1.82) is 0 Å². The molecule has 6 nitrogen and oxygen atoms in total. The molecule has 14 heavy (non-hydrogen) atoms. The minimum absolute atomic E-state index is 0.306. The summed E-state index contributed by atoms with van der Waals surface area (Å²) < 4.78 is 0. The summed E-state index contributed by atoms with van der Waals surface area (Å²) >= 11 is 0. The van der Waals surface area contributed by atoms with Crippen molar-refractivity contribution >= 4 is 11.9 Å². The topological polar surface area (TPSA) is 107 Å². The molecular formula is C8H13NO5. The Labute approximate surface area is 80.9 Å². The van der Waals surface area contributed by atoms with Crippen LogP contribution in [-0.4, -0.2) is 46.5 Å². The van der Waals surface area contributed by atoms with E-state index in [9.17, 15) is 9.59 Å². The molecule has 1 fully saturated rings. The summed E-state index contributed by atoms with van der Waals surface area (Å²) in [4.78, 5) is 19.1. The summed E-state index contributed by atoms with van der Waals surface area (Å²) in [5, 5.41) is 27.0. The first kappa shape index (κ1) is 12.6. The van der Waals surface area contributed by atoms with Crippen molar-refractivity contribution < 1.29 is 24.9 Å². The molecule has 0 aromatic heterocycles. The van der Waals surface area contributed by atoms with Crippen LogP contribution < -0.4 is 5.32 Å². The lowest BCUT2D eigenvalue weighted by Crippen LogP contribution is -2.45. The number of aliphatic hydroxyl groups is 1. The largest absolute Gasteiger partial charge is 0.478 e. The Hall–Kier alpha value is -1.40. The second-order valence-corrected chi connectivity index (χ2v) is 2.63. The van der Waals surface area contributed by atoms with Gasteiger partial charge in [0.1, 0.15) is 0 Å². The summed E-state index contributed by atoms with van der Waals surface area (Å²) in [6, 6.07) is 0.421. The van der Waals surface area contributed by atoms with Gasteiger partial charge in [0.2, 0.25) is 0 Å². The molecule has 0 amide bonds. The molecule has 1 aliphatic rings. The molecule has 0 bridgehead atoms. The first-order valence-corrected chi connectivity index (χ1v) is 4.04. The fraction of sp³-hybridized carbons (Fsp3) is 0.500.